The van der Waals surface area contributed by atoms with E-state index >= 15 is 0 Å². The van der Waals surface area contributed by atoms with Gasteiger partial charge in [-0.15, -0.1) is 0 Å². The molecule has 7 nitrogen and oxygen atoms in total. The zero-order chi connectivity index (χ0) is 25.9. The Morgan fingerprint density at radius 3 is 2.35 bits per heavy atom. The number of fused-ring (bicyclic) bond motifs is 1. The largest absolute Gasteiger partial charge is 0.488 e. The topological polar surface area (TPSA) is 89.0 Å². The number of carbonyl (C=O) groups is 2. The molecule has 0 bridgehead atoms. The van der Waals surface area contributed by atoms with Crippen molar-refractivity contribution in [3.63, 3.8) is 0 Å². The Kier molecular flexibility index (Phi) is 8.86. The summed E-state index contributed by atoms with van der Waals surface area (Å²) in [6.07, 6.45) is 1.01. The minimum Gasteiger partial charge on any atom is -0.488 e. The number of benzene rings is 4. The van der Waals surface area contributed by atoms with Crippen LogP contribution in [0.25, 0.3) is 10.8 Å². The molecule has 2 N–H and O–H groups in total. The first-order chi connectivity index (χ1) is 18.1. The van der Waals surface area contributed by atoms with Gasteiger partial charge < -0.3 is 14.8 Å². The van der Waals surface area contributed by atoms with Crippen molar-refractivity contribution in [3.8, 4) is 5.75 Å². The van der Waals surface area contributed by atoms with Crippen LogP contribution >= 0.6 is 0 Å². The first kappa shape index (κ1) is 25.4. The van der Waals surface area contributed by atoms with Crippen LogP contribution in [-0.2, 0) is 16.1 Å². The summed E-state index contributed by atoms with van der Waals surface area (Å²) in [4.78, 5) is 24.8. The molecule has 0 aromatic heterocycles. The fraction of sp³-hybridized carbons (Fsp3) is 0.167. The van der Waals surface area contributed by atoms with E-state index in [1.807, 2.05) is 97.1 Å². The second-order valence-electron chi connectivity index (χ2n) is 8.30. The molecule has 0 saturated heterocycles. The summed E-state index contributed by atoms with van der Waals surface area (Å²) in [6, 6.07) is 30.4. The van der Waals surface area contributed by atoms with Crippen LogP contribution in [0.15, 0.2) is 102 Å². The lowest BCUT2D eigenvalue weighted by atomic mass is 10.0. The molecule has 188 valence electrons. The molecular formula is C30H29N3O4. The van der Waals surface area contributed by atoms with Crippen LogP contribution in [0, 0.1) is 0 Å². The van der Waals surface area contributed by atoms with Crippen LogP contribution in [0.4, 0.5) is 4.79 Å². The number of alkyl carbamates (subject to hydrolysis) is 1. The number of nitrogens with zero attached hydrogens (tertiary/aromatic N) is 1. The van der Waals surface area contributed by atoms with E-state index in [9.17, 15) is 9.59 Å². The molecule has 7 heteroatoms. The summed E-state index contributed by atoms with van der Waals surface area (Å²) >= 11 is 0. The second kappa shape index (κ2) is 12.9. The fourth-order valence-corrected chi connectivity index (χ4v) is 3.92. The van der Waals surface area contributed by atoms with E-state index in [-0.39, 0.29) is 18.9 Å². The molecule has 0 aliphatic rings. The van der Waals surface area contributed by atoms with E-state index in [4.69, 9.17) is 9.47 Å². The van der Waals surface area contributed by atoms with Gasteiger partial charge in [-0.25, -0.2) is 10.2 Å². The monoisotopic (exact) mass is 495 g/mol. The highest BCUT2D eigenvalue weighted by Crippen LogP contribution is 2.27. The molecule has 4 aromatic rings. The Hall–Kier alpha value is -4.65. The van der Waals surface area contributed by atoms with E-state index in [1.165, 1.54) is 0 Å². The van der Waals surface area contributed by atoms with Gasteiger partial charge in [0, 0.05) is 5.56 Å². The van der Waals surface area contributed by atoms with Crippen molar-refractivity contribution in [2.24, 2.45) is 5.10 Å². The van der Waals surface area contributed by atoms with Gasteiger partial charge in [0.25, 0.3) is 0 Å². The van der Waals surface area contributed by atoms with Gasteiger partial charge in [0.2, 0.25) is 5.91 Å². The summed E-state index contributed by atoms with van der Waals surface area (Å²) in [5.41, 5.74) is 5.19. The summed E-state index contributed by atoms with van der Waals surface area (Å²) in [5.74, 6) is 0.306. The SMILES string of the molecule is CCOC(=O)N[C@H](CC(=O)N/N=C\c1c(OCc2ccccc2)ccc2ccccc12)c1ccccc1. The Morgan fingerprint density at radius 1 is 0.892 bits per heavy atom. The molecule has 0 heterocycles. The Morgan fingerprint density at radius 2 is 1.59 bits per heavy atom. The van der Waals surface area contributed by atoms with Gasteiger partial charge in [-0.1, -0.05) is 91.0 Å². The highest BCUT2D eigenvalue weighted by molar-refractivity contribution is 6.02. The first-order valence-corrected chi connectivity index (χ1v) is 12.1. The number of nitrogens with one attached hydrogen (secondary N) is 2. The van der Waals surface area contributed by atoms with Crippen LogP contribution in [0.1, 0.15) is 36.1 Å². The molecule has 0 aliphatic heterocycles. The normalized spacial score (nSPS) is 11.7. The van der Waals surface area contributed by atoms with Crippen LogP contribution in [-0.4, -0.2) is 24.8 Å². The van der Waals surface area contributed by atoms with Crippen LogP contribution < -0.4 is 15.5 Å². The predicted octanol–water partition coefficient (Wildman–Crippen LogP) is 5.75. The van der Waals surface area contributed by atoms with E-state index < -0.39 is 12.1 Å². The molecule has 2 amide bonds. The van der Waals surface area contributed by atoms with E-state index in [1.54, 1.807) is 13.1 Å². The highest BCUT2D eigenvalue weighted by atomic mass is 16.5. The maximum atomic E-state index is 12.8. The van der Waals surface area contributed by atoms with Gasteiger partial charge in [-0.2, -0.15) is 5.10 Å². The van der Waals surface area contributed by atoms with Gasteiger partial charge in [-0.3, -0.25) is 4.79 Å². The quantitative estimate of drug-likeness (QED) is 0.217. The van der Waals surface area contributed by atoms with Crippen molar-refractivity contribution in [2.75, 3.05) is 6.61 Å². The lowest BCUT2D eigenvalue weighted by molar-refractivity contribution is -0.121. The molecule has 0 radical (unpaired) electrons. The minimum absolute atomic E-state index is 0.00688. The zero-order valence-electron chi connectivity index (χ0n) is 20.6. The zero-order valence-corrected chi connectivity index (χ0v) is 20.6. The van der Waals surface area contributed by atoms with E-state index in [0.717, 1.165) is 27.5 Å². The van der Waals surface area contributed by atoms with E-state index in [2.05, 4.69) is 15.8 Å². The lowest BCUT2D eigenvalue weighted by Crippen LogP contribution is -2.33. The molecule has 4 rings (SSSR count). The second-order valence-corrected chi connectivity index (χ2v) is 8.30. The first-order valence-electron chi connectivity index (χ1n) is 12.1. The summed E-state index contributed by atoms with van der Waals surface area (Å²) < 4.78 is 11.1. The maximum absolute atomic E-state index is 12.8. The van der Waals surface area contributed by atoms with E-state index in [0.29, 0.717) is 12.4 Å². The molecule has 0 aliphatic carbocycles. The van der Waals surface area contributed by atoms with Crippen molar-refractivity contribution >= 4 is 29.0 Å². The summed E-state index contributed by atoms with van der Waals surface area (Å²) in [7, 11) is 0. The molecular weight excluding hydrogens is 466 g/mol. The third-order valence-corrected chi connectivity index (χ3v) is 5.71. The van der Waals surface area contributed by atoms with Crippen molar-refractivity contribution in [1.29, 1.82) is 0 Å². The molecule has 0 saturated carbocycles. The Labute approximate surface area is 216 Å². The molecule has 1 atom stereocenters. The summed E-state index contributed by atoms with van der Waals surface area (Å²) in [6.45, 7) is 2.37. The Balaban J connectivity index is 1.49. The smallest absolute Gasteiger partial charge is 0.407 e. The number of ether oxygens (including phenoxy) is 2. The van der Waals surface area contributed by atoms with Crippen molar-refractivity contribution in [1.82, 2.24) is 10.7 Å². The average Bonchev–Trinajstić information content (AvgIpc) is 2.93. The van der Waals surface area contributed by atoms with Gasteiger partial charge in [-0.05, 0) is 34.9 Å². The lowest BCUT2D eigenvalue weighted by Gasteiger charge is -2.18. The van der Waals surface area contributed by atoms with Crippen molar-refractivity contribution in [3.05, 3.63) is 114 Å². The standard InChI is InChI=1S/C30H29N3O4/c1-2-36-30(35)32-27(24-14-7-4-8-15-24)19-29(34)33-31-20-26-25-16-10-9-13-23(25)17-18-28(26)37-21-22-11-5-3-6-12-22/h3-18,20,27H,2,19,21H2,1H3,(H,32,35)(H,33,34)/b31-20-/t27-/m1/s1. The summed E-state index contributed by atoms with van der Waals surface area (Å²) in [5, 5.41) is 8.95. The van der Waals surface area contributed by atoms with Gasteiger partial charge in [0.1, 0.15) is 12.4 Å². The number of carbonyl (C=O) groups excluding carboxylic acids is 2. The van der Waals surface area contributed by atoms with Crippen molar-refractivity contribution in [2.45, 2.75) is 26.0 Å². The third-order valence-electron chi connectivity index (χ3n) is 5.71. The van der Waals surface area contributed by atoms with Crippen molar-refractivity contribution < 1.29 is 19.1 Å². The van der Waals surface area contributed by atoms with Crippen LogP contribution in [0.3, 0.4) is 0 Å². The fourth-order valence-electron chi connectivity index (χ4n) is 3.92. The third kappa shape index (κ3) is 7.18. The average molecular weight is 496 g/mol. The van der Waals surface area contributed by atoms with Crippen LogP contribution in [0.5, 0.6) is 5.75 Å². The Bertz CT molecular complexity index is 1360. The van der Waals surface area contributed by atoms with Crippen LogP contribution in [0.2, 0.25) is 0 Å². The predicted molar refractivity (Wildman–Crippen MR) is 144 cm³/mol. The molecule has 4 aromatic carbocycles. The maximum Gasteiger partial charge on any atom is 0.407 e. The molecule has 37 heavy (non-hydrogen) atoms. The molecule has 0 spiro atoms. The van der Waals surface area contributed by atoms with Gasteiger partial charge >= 0.3 is 6.09 Å². The highest BCUT2D eigenvalue weighted by Gasteiger charge is 2.19. The molecule has 0 fully saturated rings. The number of rotatable bonds is 10. The number of hydrogen-bond donors (Lipinski definition) is 2. The van der Waals surface area contributed by atoms with Gasteiger partial charge in [0.05, 0.1) is 25.3 Å². The number of hydrazone groups is 1. The number of hydrogen-bond acceptors (Lipinski definition) is 5. The van der Waals surface area contributed by atoms with Gasteiger partial charge in [0.15, 0.2) is 0 Å². The number of amides is 2. The molecule has 0 unspecified atom stereocenters. The minimum atomic E-state index is -0.580.